The smallest absolute Gasteiger partial charge is 0.253 e. The summed E-state index contributed by atoms with van der Waals surface area (Å²) in [6.45, 7) is 6.22. The Kier molecular flexibility index (Phi) is 5.57. The normalized spacial score (nSPS) is 10.4. The third kappa shape index (κ3) is 4.98. The van der Waals surface area contributed by atoms with Crippen molar-refractivity contribution in [2.45, 2.75) is 33.7 Å². The first-order valence-corrected chi connectivity index (χ1v) is 7.61. The Labute approximate surface area is 135 Å². The number of ether oxygens (including phenoxy) is 1. The van der Waals surface area contributed by atoms with E-state index < -0.39 is 0 Å². The quantitative estimate of drug-likeness (QED) is 0.860. The molecule has 0 fully saturated rings. The van der Waals surface area contributed by atoms with Gasteiger partial charge in [-0.2, -0.15) is 0 Å². The van der Waals surface area contributed by atoms with Crippen molar-refractivity contribution in [3.63, 3.8) is 0 Å². The highest BCUT2D eigenvalue weighted by atomic mass is 16.5. The number of rotatable bonds is 6. The van der Waals surface area contributed by atoms with E-state index in [0.717, 1.165) is 22.6 Å². The summed E-state index contributed by atoms with van der Waals surface area (Å²) in [5.74, 6) is 0.612. The molecule has 2 N–H and O–H groups in total. The highest BCUT2D eigenvalue weighted by Gasteiger charge is 2.08. The first-order chi connectivity index (χ1) is 11.0. The summed E-state index contributed by atoms with van der Waals surface area (Å²) < 4.78 is 5.54. The number of benzene rings is 1. The summed E-state index contributed by atoms with van der Waals surface area (Å²) in [5, 5.41) is 2.76. The van der Waals surface area contributed by atoms with Crippen LogP contribution in [-0.2, 0) is 11.3 Å². The summed E-state index contributed by atoms with van der Waals surface area (Å²) in [6.07, 6.45) is 0.247. The average molecular weight is 314 g/mol. The summed E-state index contributed by atoms with van der Waals surface area (Å²) in [7, 11) is 0. The second-order valence-electron chi connectivity index (χ2n) is 5.63. The van der Waals surface area contributed by atoms with Gasteiger partial charge in [0.15, 0.2) is 0 Å². The van der Waals surface area contributed by atoms with Gasteiger partial charge in [0, 0.05) is 17.8 Å². The molecule has 5 heteroatoms. The Bertz CT molecular complexity index is 750. The first kappa shape index (κ1) is 16.8. The lowest BCUT2D eigenvalue weighted by atomic mass is 10.1. The highest BCUT2D eigenvalue weighted by Crippen LogP contribution is 2.12. The maximum Gasteiger partial charge on any atom is 0.253 e. The van der Waals surface area contributed by atoms with Gasteiger partial charge in [-0.1, -0.05) is 12.1 Å². The molecule has 5 nitrogen and oxygen atoms in total. The second-order valence-corrected chi connectivity index (χ2v) is 5.63. The van der Waals surface area contributed by atoms with Crippen LogP contribution in [0.25, 0.3) is 0 Å². The number of aryl methyl sites for hydroxylation is 3. The first-order valence-electron chi connectivity index (χ1n) is 7.61. The molecule has 1 aromatic carbocycles. The van der Waals surface area contributed by atoms with Gasteiger partial charge in [-0.25, -0.2) is 0 Å². The van der Waals surface area contributed by atoms with Crippen LogP contribution < -0.4 is 15.6 Å². The van der Waals surface area contributed by atoms with Gasteiger partial charge in [-0.15, -0.1) is 0 Å². The van der Waals surface area contributed by atoms with Gasteiger partial charge >= 0.3 is 0 Å². The summed E-state index contributed by atoms with van der Waals surface area (Å²) in [4.78, 5) is 26.5. The van der Waals surface area contributed by atoms with Gasteiger partial charge in [0.25, 0.3) is 5.56 Å². The minimum Gasteiger partial charge on any atom is -0.493 e. The molecule has 0 bridgehead atoms. The van der Waals surface area contributed by atoms with E-state index in [1.807, 2.05) is 51.1 Å². The van der Waals surface area contributed by atoms with E-state index in [0.29, 0.717) is 12.2 Å². The lowest BCUT2D eigenvalue weighted by Crippen LogP contribution is -2.28. The molecule has 0 saturated heterocycles. The van der Waals surface area contributed by atoms with E-state index in [9.17, 15) is 9.59 Å². The van der Waals surface area contributed by atoms with Crippen LogP contribution in [0.4, 0.5) is 0 Å². The number of hydrogen-bond donors (Lipinski definition) is 2. The second kappa shape index (κ2) is 7.63. The largest absolute Gasteiger partial charge is 0.493 e. The summed E-state index contributed by atoms with van der Waals surface area (Å²) in [5.41, 5.74) is 3.24. The summed E-state index contributed by atoms with van der Waals surface area (Å²) in [6, 6.07) is 9.58. The molecule has 1 aromatic heterocycles. The number of aromatic amines is 1. The van der Waals surface area contributed by atoms with Crippen molar-refractivity contribution >= 4 is 5.91 Å². The van der Waals surface area contributed by atoms with Crippen LogP contribution in [0.5, 0.6) is 5.75 Å². The van der Waals surface area contributed by atoms with E-state index in [-0.39, 0.29) is 24.4 Å². The van der Waals surface area contributed by atoms with Crippen molar-refractivity contribution in [3.8, 4) is 5.75 Å². The van der Waals surface area contributed by atoms with Crippen LogP contribution >= 0.6 is 0 Å². The van der Waals surface area contributed by atoms with E-state index in [1.165, 1.54) is 0 Å². The number of H-pyrrole nitrogens is 1. The standard InChI is InChI=1S/C18H22N2O3/c1-12-5-4-6-15(9-12)23-8-7-17(21)19-11-16-13(2)10-14(3)20-18(16)22/h4-6,9-10H,7-8,11H2,1-3H3,(H,19,21)(H,20,22). The topological polar surface area (TPSA) is 71.2 Å². The third-order valence-electron chi connectivity index (χ3n) is 3.54. The van der Waals surface area contributed by atoms with Crippen molar-refractivity contribution in [2.24, 2.45) is 0 Å². The molecule has 0 saturated carbocycles. The van der Waals surface area contributed by atoms with E-state index in [1.54, 1.807) is 0 Å². The maximum atomic E-state index is 11.9. The van der Waals surface area contributed by atoms with Gasteiger partial charge in [0.05, 0.1) is 13.0 Å². The van der Waals surface area contributed by atoms with E-state index in [2.05, 4.69) is 10.3 Å². The molecule has 0 aliphatic carbocycles. The zero-order valence-electron chi connectivity index (χ0n) is 13.7. The minimum absolute atomic E-state index is 0.142. The SMILES string of the molecule is Cc1cccc(OCCC(=O)NCc2c(C)cc(C)[nH]c2=O)c1. The maximum absolute atomic E-state index is 11.9. The molecule has 1 amide bonds. The third-order valence-corrected chi connectivity index (χ3v) is 3.54. The Morgan fingerprint density at radius 3 is 2.70 bits per heavy atom. The zero-order chi connectivity index (χ0) is 16.8. The van der Waals surface area contributed by atoms with Crippen LogP contribution in [-0.4, -0.2) is 17.5 Å². The number of nitrogens with one attached hydrogen (secondary N) is 2. The van der Waals surface area contributed by atoms with Crippen LogP contribution in [0.1, 0.15) is 28.8 Å². The molecule has 0 aliphatic rings. The van der Waals surface area contributed by atoms with Crippen molar-refractivity contribution < 1.29 is 9.53 Å². The van der Waals surface area contributed by atoms with Gasteiger partial charge in [-0.3, -0.25) is 9.59 Å². The van der Waals surface area contributed by atoms with Gasteiger partial charge in [0.2, 0.25) is 5.91 Å². The number of aromatic nitrogens is 1. The molecule has 0 atom stereocenters. The number of pyridine rings is 1. The van der Waals surface area contributed by atoms with E-state index in [4.69, 9.17) is 4.74 Å². The fourth-order valence-corrected chi connectivity index (χ4v) is 2.34. The van der Waals surface area contributed by atoms with Crippen molar-refractivity contribution in [1.82, 2.24) is 10.3 Å². The number of hydrogen-bond acceptors (Lipinski definition) is 3. The van der Waals surface area contributed by atoms with Crippen molar-refractivity contribution in [2.75, 3.05) is 6.61 Å². The Hall–Kier alpha value is -2.56. The van der Waals surface area contributed by atoms with Crippen molar-refractivity contribution in [1.29, 1.82) is 0 Å². The monoisotopic (exact) mass is 314 g/mol. The highest BCUT2D eigenvalue weighted by molar-refractivity contribution is 5.76. The molecule has 0 unspecified atom stereocenters. The molecule has 0 spiro atoms. The van der Waals surface area contributed by atoms with E-state index >= 15 is 0 Å². The molecule has 23 heavy (non-hydrogen) atoms. The van der Waals surface area contributed by atoms with Crippen LogP contribution in [0.2, 0.25) is 0 Å². The lowest BCUT2D eigenvalue weighted by Gasteiger charge is -2.09. The molecule has 2 rings (SSSR count). The lowest BCUT2D eigenvalue weighted by molar-refractivity contribution is -0.121. The molecular formula is C18H22N2O3. The predicted molar refractivity (Wildman–Crippen MR) is 89.7 cm³/mol. The summed E-state index contributed by atoms with van der Waals surface area (Å²) >= 11 is 0. The number of carbonyl (C=O) groups is 1. The molecule has 0 radical (unpaired) electrons. The van der Waals surface area contributed by atoms with Gasteiger partial charge in [-0.05, 0) is 50.1 Å². The predicted octanol–water partition coefficient (Wildman–Crippen LogP) is 2.39. The fraction of sp³-hybridized carbons (Fsp3) is 0.333. The molecule has 2 aromatic rings. The zero-order valence-corrected chi connectivity index (χ0v) is 13.7. The van der Waals surface area contributed by atoms with Gasteiger partial charge < -0.3 is 15.0 Å². The van der Waals surface area contributed by atoms with Crippen LogP contribution in [0.15, 0.2) is 35.1 Å². The average Bonchev–Trinajstić information content (AvgIpc) is 2.46. The van der Waals surface area contributed by atoms with Gasteiger partial charge in [0.1, 0.15) is 5.75 Å². The molecule has 122 valence electrons. The Morgan fingerprint density at radius 2 is 2.00 bits per heavy atom. The Balaban J connectivity index is 1.81. The minimum atomic E-state index is -0.154. The van der Waals surface area contributed by atoms with Crippen LogP contribution in [0, 0.1) is 20.8 Å². The van der Waals surface area contributed by atoms with Crippen molar-refractivity contribution in [3.05, 3.63) is 63.1 Å². The fourth-order valence-electron chi connectivity index (χ4n) is 2.34. The van der Waals surface area contributed by atoms with Crippen LogP contribution in [0.3, 0.4) is 0 Å². The number of amides is 1. The number of carbonyl (C=O) groups excluding carboxylic acids is 1. The molecule has 0 aliphatic heterocycles. The molecular weight excluding hydrogens is 292 g/mol. The Morgan fingerprint density at radius 1 is 1.22 bits per heavy atom. The molecule has 1 heterocycles.